The molecule has 5 nitrogen and oxygen atoms in total. The Kier molecular flexibility index (Phi) is 4.31. The minimum Gasteiger partial charge on any atom is -0.249 e. The molecule has 0 amide bonds. The van der Waals surface area contributed by atoms with E-state index >= 15 is 0 Å². The van der Waals surface area contributed by atoms with Gasteiger partial charge in [-0.05, 0) is 31.5 Å². The number of fused-ring (bicyclic) bond motifs is 1. The number of para-hydroxylation sites is 2. The SMILES string of the molecule is Cc1ccc(Cn2nc(C)c(/C=N\n3cnc4ccccc43)c2Cl)cc1. The fourth-order valence-electron chi connectivity index (χ4n) is 2.84. The Balaban J connectivity index is 1.63. The molecule has 2 aromatic heterocycles. The van der Waals surface area contributed by atoms with E-state index < -0.39 is 0 Å². The van der Waals surface area contributed by atoms with E-state index in [1.807, 2.05) is 31.2 Å². The second-order valence-electron chi connectivity index (χ2n) is 6.26. The van der Waals surface area contributed by atoms with E-state index in [9.17, 15) is 0 Å². The molecule has 0 N–H and O–H groups in total. The van der Waals surface area contributed by atoms with Gasteiger partial charge in [0, 0.05) is 0 Å². The molecule has 0 atom stereocenters. The molecule has 0 bridgehead atoms. The first kappa shape index (κ1) is 16.5. The van der Waals surface area contributed by atoms with Crippen LogP contribution in [-0.2, 0) is 6.54 Å². The minimum atomic E-state index is 0.580. The number of aryl methyl sites for hydroxylation is 2. The van der Waals surface area contributed by atoms with E-state index in [2.05, 4.69) is 46.4 Å². The number of benzene rings is 2. The molecule has 130 valence electrons. The highest BCUT2D eigenvalue weighted by molar-refractivity contribution is 6.32. The Hall–Kier alpha value is -2.92. The lowest BCUT2D eigenvalue weighted by atomic mass is 10.1. The third-order valence-electron chi connectivity index (χ3n) is 4.31. The Labute approximate surface area is 156 Å². The van der Waals surface area contributed by atoms with Gasteiger partial charge in [0.1, 0.15) is 11.5 Å². The molecule has 4 rings (SSSR count). The van der Waals surface area contributed by atoms with E-state index in [0.29, 0.717) is 11.7 Å². The van der Waals surface area contributed by atoms with Gasteiger partial charge in [-0.1, -0.05) is 53.6 Å². The highest BCUT2D eigenvalue weighted by atomic mass is 35.5. The molecular weight excluding hydrogens is 346 g/mol. The van der Waals surface area contributed by atoms with Crippen LogP contribution in [0.25, 0.3) is 11.0 Å². The summed E-state index contributed by atoms with van der Waals surface area (Å²) in [5.74, 6) is 0. The molecule has 0 radical (unpaired) electrons. The molecule has 0 spiro atoms. The van der Waals surface area contributed by atoms with Gasteiger partial charge < -0.3 is 0 Å². The summed E-state index contributed by atoms with van der Waals surface area (Å²) >= 11 is 6.55. The maximum absolute atomic E-state index is 6.55. The molecule has 2 aromatic carbocycles. The van der Waals surface area contributed by atoms with Crippen LogP contribution in [0, 0.1) is 13.8 Å². The van der Waals surface area contributed by atoms with Crippen molar-refractivity contribution >= 4 is 28.8 Å². The van der Waals surface area contributed by atoms with Gasteiger partial charge in [0.25, 0.3) is 0 Å². The predicted octanol–water partition coefficient (Wildman–Crippen LogP) is 4.43. The third kappa shape index (κ3) is 3.13. The fraction of sp³-hybridized carbons (Fsp3) is 0.150. The standard InChI is InChI=1S/C20H18ClN5/c1-14-7-9-16(10-8-14)12-25-20(21)17(15(2)24-25)11-23-26-13-22-18-5-3-4-6-19(18)26/h3-11,13H,12H2,1-2H3/b23-11-. The van der Waals surface area contributed by atoms with Crippen molar-refractivity contribution in [2.24, 2.45) is 5.10 Å². The molecule has 0 unspecified atom stereocenters. The van der Waals surface area contributed by atoms with Crippen LogP contribution in [0.5, 0.6) is 0 Å². The van der Waals surface area contributed by atoms with Gasteiger partial charge in [-0.25, -0.2) is 14.3 Å². The normalized spacial score (nSPS) is 11.7. The van der Waals surface area contributed by atoms with Crippen molar-refractivity contribution in [1.82, 2.24) is 19.4 Å². The van der Waals surface area contributed by atoms with Crippen molar-refractivity contribution in [3.8, 4) is 0 Å². The zero-order valence-corrected chi connectivity index (χ0v) is 15.4. The van der Waals surface area contributed by atoms with Gasteiger partial charge >= 0.3 is 0 Å². The topological polar surface area (TPSA) is 48.0 Å². The Morgan fingerprint density at radius 1 is 1.08 bits per heavy atom. The number of rotatable bonds is 4. The lowest BCUT2D eigenvalue weighted by molar-refractivity contribution is 0.680. The number of aromatic nitrogens is 4. The van der Waals surface area contributed by atoms with Crippen molar-refractivity contribution in [3.63, 3.8) is 0 Å². The molecule has 6 heteroatoms. The van der Waals surface area contributed by atoms with E-state index in [0.717, 1.165) is 27.9 Å². The van der Waals surface area contributed by atoms with Gasteiger partial charge in [-0.2, -0.15) is 10.2 Å². The second kappa shape index (κ2) is 6.77. The average Bonchev–Trinajstić information content (AvgIpc) is 3.17. The van der Waals surface area contributed by atoms with Crippen molar-refractivity contribution < 1.29 is 0 Å². The van der Waals surface area contributed by atoms with E-state index in [-0.39, 0.29) is 0 Å². The van der Waals surface area contributed by atoms with Crippen LogP contribution in [0.3, 0.4) is 0 Å². The minimum absolute atomic E-state index is 0.580. The lowest BCUT2D eigenvalue weighted by Crippen LogP contribution is -2.02. The summed E-state index contributed by atoms with van der Waals surface area (Å²) < 4.78 is 3.54. The average molecular weight is 364 g/mol. The third-order valence-corrected chi connectivity index (χ3v) is 4.71. The number of imidazole rings is 1. The van der Waals surface area contributed by atoms with Gasteiger partial charge in [0.05, 0.1) is 35.1 Å². The zero-order valence-electron chi connectivity index (χ0n) is 14.6. The summed E-state index contributed by atoms with van der Waals surface area (Å²) in [6.45, 7) is 4.63. The van der Waals surface area contributed by atoms with Crippen molar-refractivity contribution in [2.75, 3.05) is 0 Å². The first-order valence-electron chi connectivity index (χ1n) is 8.37. The largest absolute Gasteiger partial charge is 0.249 e. The molecule has 0 aliphatic heterocycles. The van der Waals surface area contributed by atoms with Crippen LogP contribution < -0.4 is 0 Å². The quantitative estimate of drug-likeness (QED) is 0.503. The first-order chi connectivity index (χ1) is 12.6. The maximum Gasteiger partial charge on any atom is 0.136 e. The number of hydrogen-bond donors (Lipinski definition) is 0. The van der Waals surface area contributed by atoms with Crippen LogP contribution in [0.2, 0.25) is 5.15 Å². The summed E-state index contributed by atoms with van der Waals surface area (Å²) in [7, 11) is 0. The van der Waals surface area contributed by atoms with Crippen molar-refractivity contribution in [1.29, 1.82) is 0 Å². The van der Waals surface area contributed by atoms with Crippen molar-refractivity contribution in [3.05, 3.63) is 82.4 Å². The van der Waals surface area contributed by atoms with Crippen LogP contribution >= 0.6 is 11.6 Å². The molecule has 0 saturated heterocycles. The van der Waals surface area contributed by atoms with E-state index in [1.165, 1.54) is 5.56 Å². The molecule has 0 fully saturated rings. The van der Waals surface area contributed by atoms with Gasteiger partial charge in [0.15, 0.2) is 0 Å². The predicted molar refractivity (Wildman–Crippen MR) is 105 cm³/mol. The van der Waals surface area contributed by atoms with Crippen LogP contribution in [0.4, 0.5) is 0 Å². The van der Waals surface area contributed by atoms with Crippen LogP contribution in [-0.4, -0.2) is 25.7 Å². The van der Waals surface area contributed by atoms with Crippen molar-refractivity contribution in [2.45, 2.75) is 20.4 Å². The highest BCUT2D eigenvalue weighted by Crippen LogP contribution is 2.20. The Bertz CT molecular complexity index is 1090. The molecule has 2 heterocycles. The molecule has 0 aliphatic rings. The summed E-state index contributed by atoms with van der Waals surface area (Å²) in [6.07, 6.45) is 3.44. The van der Waals surface area contributed by atoms with Crippen LogP contribution in [0.15, 0.2) is 60.0 Å². The molecule has 0 saturated carbocycles. The van der Waals surface area contributed by atoms with Gasteiger partial charge in [-0.15, -0.1) is 0 Å². The summed E-state index contributed by atoms with van der Waals surface area (Å²) in [6, 6.07) is 16.2. The van der Waals surface area contributed by atoms with E-state index in [4.69, 9.17) is 11.6 Å². The fourth-order valence-corrected chi connectivity index (χ4v) is 3.13. The van der Waals surface area contributed by atoms with E-state index in [1.54, 1.807) is 21.9 Å². The maximum atomic E-state index is 6.55. The summed E-state index contributed by atoms with van der Waals surface area (Å²) in [5.41, 5.74) is 5.90. The van der Waals surface area contributed by atoms with Gasteiger partial charge in [-0.3, -0.25) is 0 Å². The smallest absolute Gasteiger partial charge is 0.136 e. The summed E-state index contributed by atoms with van der Waals surface area (Å²) in [5, 5.41) is 9.65. The molecule has 0 aliphatic carbocycles. The monoisotopic (exact) mass is 363 g/mol. The molecule has 4 aromatic rings. The lowest BCUT2D eigenvalue weighted by Gasteiger charge is -2.04. The number of nitrogens with zero attached hydrogens (tertiary/aromatic N) is 5. The number of hydrogen-bond acceptors (Lipinski definition) is 3. The summed E-state index contributed by atoms with van der Waals surface area (Å²) in [4.78, 5) is 4.34. The van der Waals surface area contributed by atoms with Crippen LogP contribution in [0.1, 0.15) is 22.4 Å². The van der Waals surface area contributed by atoms with Gasteiger partial charge in [0.2, 0.25) is 0 Å². The Morgan fingerprint density at radius 3 is 2.65 bits per heavy atom. The molecular formula is C20H18ClN5. The first-order valence-corrected chi connectivity index (χ1v) is 8.74. The Morgan fingerprint density at radius 2 is 1.85 bits per heavy atom. The highest BCUT2D eigenvalue weighted by Gasteiger charge is 2.12. The second-order valence-corrected chi connectivity index (χ2v) is 6.61. The molecule has 26 heavy (non-hydrogen) atoms. The number of halogens is 1. The zero-order chi connectivity index (χ0) is 18.1.